The number of carbonyl (C=O) groups excluding carboxylic acids is 1. The van der Waals surface area contributed by atoms with Gasteiger partial charge >= 0.3 is 0 Å². The molecule has 0 aliphatic carbocycles. The van der Waals surface area contributed by atoms with Crippen LogP contribution in [0, 0.1) is 0 Å². The van der Waals surface area contributed by atoms with Gasteiger partial charge in [-0.25, -0.2) is 0 Å². The van der Waals surface area contributed by atoms with Gasteiger partial charge in [-0.05, 0) is 37.3 Å². The molecule has 1 amide bonds. The van der Waals surface area contributed by atoms with Gasteiger partial charge in [-0.15, -0.1) is 0 Å². The average Bonchev–Trinajstić information content (AvgIpc) is 3.04. The maximum atomic E-state index is 12.6. The SMILES string of the molecule is CCn1nccc1C(=O)N1CCN(c2ccc(Cl)cc2)CC1. The Labute approximate surface area is 135 Å². The smallest absolute Gasteiger partial charge is 0.272 e. The van der Waals surface area contributed by atoms with Crippen molar-refractivity contribution >= 4 is 23.2 Å². The molecule has 3 rings (SSSR count). The van der Waals surface area contributed by atoms with Gasteiger partial charge in [0.25, 0.3) is 5.91 Å². The molecule has 1 fully saturated rings. The quantitative estimate of drug-likeness (QED) is 0.873. The van der Waals surface area contributed by atoms with Crippen molar-refractivity contribution in [3.05, 3.63) is 47.2 Å². The van der Waals surface area contributed by atoms with Gasteiger partial charge in [0.15, 0.2) is 0 Å². The fourth-order valence-corrected chi connectivity index (χ4v) is 2.87. The third kappa shape index (κ3) is 2.95. The molecular weight excluding hydrogens is 300 g/mol. The van der Waals surface area contributed by atoms with E-state index in [-0.39, 0.29) is 5.91 Å². The zero-order valence-corrected chi connectivity index (χ0v) is 13.3. The summed E-state index contributed by atoms with van der Waals surface area (Å²) in [6, 6.07) is 9.62. The molecule has 6 heteroatoms. The zero-order valence-electron chi connectivity index (χ0n) is 12.6. The summed E-state index contributed by atoms with van der Waals surface area (Å²) >= 11 is 5.92. The summed E-state index contributed by atoms with van der Waals surface area (Å²) in [6.45, 7) is 5.79. The molecule has 1 aliphatic heterocycles. The maximum absolute atomic E-state index is 12.6. The Morgan fingerprint density at radius 2 is 1.82 bits per heavy atom. The summed E-state index contributed by atoms with van der Waals surface area (Å²) in [5.74, 6) is 0.0649. The molecular formula is C16H19ClN4O. The van der Waals surface area contributed by atoms with Crippen LogP contribution in [0.15, 0.2) is 36.5 Å². The van der Waals surface area contributed by atoms with Gasteiger partial charge in [-0.3, -0.25) is 9.48 Å². The molecule has 0 radical (unpaired) electrons. The summed E-state index contributed by atoms with van der Waals surface area (Å²) in [5.41, 5.74) is 1.82. The van der Waals surface area contributed by atoms with Gasteiger partial charge in [0.2, 0.25) is 0 Å². The number of aryl methyl sites for hydroxylation is 1. The largest absolute Gasteiger partial charge is 0.368 e. The minimum absolute atomic E-state index is 0.0649. The monoisotopic (exact) mass is 318 g/mol. The van der Waals surface area contributed by atoms with Crippen LogP contribution in [0.1, 0.15) is 17.4 Å². The first-order valence-corrected chi connectivity index (χ1v) is 7.88. The maximum Gasteiger partial charge on any atom is 0.272 e. The van der Waals surface area contributed by atoms with Crippen LogP contribution in [0.2, 0.25) is 5.02 Å². The Bertz CT molecular complexity index is 644. The van der Waals surface area contributed by atoms with E-state index in [1.807, 2.05) is 36.1 Å². The number of halogens is 1. The topological polar surface area (TPSA) is 41.4 Å². The molecule has 2 aromatic rings. The van der Waals surface area contributed by atoms with Crippen LogP contribution in [-0.2, 0) is 6.54 Å². The molecule has 0 N–H and O–H groups in total. The summed E-state index contributed by atoms with van der Waals surface area (Å²) in [7, 11) is 0. The second-order valence-corrected chi connectivity index (χ2v) is 5.72. The molecule has 0 saturated carbocycles. The Balaban J connectivity index is 1.64. The van der Waals surface area contributed by atoms with Gasteiger partial charge in [0.05, 0.1) is 0 Å². The van der Waals surface area contributed by atoms with Gasteiger partial charge < -0.3 is 9.80 Å². The van der Waals surface area contributed by atoms with E-state index in [0.29, 0.717) is 12.2 Å². The molecule has 1 aliphatic rings. The molecule has 0 unspecified atom stereocenters. The molecule has 0 atom stereocenters. The molecule has 22 heavy (non-hydrogen) atoms. The highest BCUT2D eigenvalue weighted by Gasteiger charge is 2.24. The first kappa shape index (κ1) is 14.9. The highest BCUT2D eigenvalue weighted by Crippen LogP contribution is 2.20. The predicted molar refractivity (Wildman–Crippen MR) is 87.5 cm³/mol. The number of nitrogens with zero attached hydrogens (tertiary/aromatic N) is 4. The van der Waals surface area contributed by atoms with Gasteiger partial charge in [0, 0.05) is 49.6 Å². The van der Waals surface area contributed by atoms with Crippen molar-refractivity contribution in [3.63, 3.8) is 0 Å². The number of hydrogen-bond donors (Lipinski definition) is 0. The number of aromatic nitrogens is 2. The Morgan fingerprint density at radius 3 is 2.45 bits per heavy atom. The molecule has 5 nitrogen and oxygen atoms in total. The van der Waals surface area contributed by atoms with Gasteiger partial charge in [-0.1, -0.05) is 11.6 Å². The third-order valence-electron chi connectivity index (χ3n) is 3.99. The van der Waals surface area contributed by atoms with Crippen molar-refractivity contribution in [2.75, 3.05) is 31.1 Å². The van der Waals surface area contributed by atoms with Crippen LogP contribution >= 0.6 is 11.6 Å². The van der Waals surface area contributed by atoms with E-state index in [1.165, 1.54) is 0 Å². The van der Waals surface area contributed by atoms with Crippen LogP contribution in [0.25, 0.3) is 0 Å². The van der Waals surface area contributed by atoms with Crippen molar-refractivity contribution < 1.29 is 4.79 Å². The van der Waals surface area contributed by atoms with Crippen molar-refractivity contribution in [2.24, 2.45) is 0 Å². The molecule has 1 aromatic heterocycles. The molecule has 116 valence electrons. The van der Waals surface area contributed by atoms with E-state index in [1.54, 1.807) is 16.9 Å². The fourth-order valence-electron chi connectivity index (χ4n) is 2.75. The van der Waals surface area contributed by atoms with Crippen molar-refractivity contribution in [1.29, 1.82) is 0 Å². The zero-order chi connectivity index (χ0) is 15.5. The highest BCUT2D eigenvalue weighted by atomic mass is 35.5. The molecule has 1 aromatic carbocycles. The molecule has 0 spiro atoms. The number of anilines is 1. The van der Waals surface area contributed by atoms with Crippen LogP contribution in [0.3, 0.4) is 0 Å². The van der Waals surface area contributed by atoms with E-state index in [9.17, 15) is 4.79 Å². The average molecular weight is 319 g/mol. The lowest BCUT2D eigenvalue weighted by Gasteiger charge is -2.36. The van der Waals surface area contributed by atoms with Crippen LogP contribution in [-0.4, -0.2) is 46.8 Å². The Morgan fingerprint density at radius 1 is 1.14 bits per heavy atom. The van der Waals surface area contributed by atoms with Crippen LogP contribution < -0.4 is 4.90 Å². The van der Waals surface area contributed by atoms with E-state index in [0.717, 1.165) is 36.9 Å². The second-order valence-electron chi connectivity index (χ2n) is 5.29. The number of hydrogen-bond acceptors (Lipinski definition) is 3. The van der Waals surface area contributed by atoms with Crippen LogP contribution in [0.5, 0.6) is 0 Å². The number of carbonyl (C=O) groups is 1. The van der Waals surface area contributed by atoms with Crippen molar-refractivity contribution in [1.82, 2.24) is 14.7 Å². The van der Waals surface area contributed by atoms with Crippen molar-refractivity contribution in [3.8, 4) is 0 Å². The summed E-state index contributed by atoms with van der Waals surface area (Å²) in [5, 5.41) is 4.91. The molecule has 2 heterocycles. The highest BCUT2D eigenvalue weighted by molar-refractivity contribution is 6.30. The minimum atomic E-state index is 0.0649. The first-order valence-electron chi connectivity index (χ1n) is 7.50. The molecule has 1 saturated heterocycles. The van der Waals surface area contributed by atoms with E-state index in [2.05, 4.69) is 10.00 Å². The third-order valence-corrected chi connectivity index (χ3v) is 4.25. The fraction of sp³-hybridized carbons (Fsp3) is 0.375. The number of rotatable bonds is 3. The normalized spacial score (nSPS) is 15.2. The Hall–Kier alpha value is -2.01. The van der Waals surface area contributed by atoms with Crippen LogP contribution in [0.4, 0.5) is 5.69 Å². The lowest BCUT2D eigenvalue weighted by molar-refractivity contribution is 0.0734. The lowest BCUT2D eigenvalue weighted by atomic mass is 10.2. The van der Waals surface area contributed by atoms with Gasteiger partial charge in [0.1, 0.15) is 5.69 Å². The second kappa shape index (κ2) is 6.40. The molecule has 0 bridgehead atoms. The Kier molecular flexibility index (Phi) is 4.34. The number of piperazine rings is 1. The standard InChI is InChI=1S/C16H19ClN4O/c1-2-21-15(7-8-18-21)16(22)20-11-9-19(10-12-20)14-5-3-13(17)4-6-14/h3-8H,2,9-12H2,1H3. The van der Waals surface area contributed by atoms with Gasteiger partial charge in [-0.2, -0.15) is 5.10 Å². The van der Waals surface area contributed by atoms with E-state index < -0.39 is 0 Å². The number of amides is 1. The first-order chi connectivity index (χ1) is 10.7. The summed E-state index contributed by atoms with van der Waals surface area (Å²) in [6.07, 6.45) is 1.68. The minimum Gasteiger partial charge on any atom is -0.368 e. The summed E-state index contributed by atoms with van der Waals surface area (Å²) in [4.78, 5) is 16.7. The predicted octanol–water partition coefficient (Wildman–Crippen LogP) is 2.52. The van der Waals surface area contributed by atoms with E-state index in [4.69, 9.17) is 11.6 Å². The number of benzene rings is 1. The van der Waals surface area contributed by atoms with E-state index >= 15 is 0 Å². The van der Waals surface area contributed by atoms with Crippen molar-refractivity contribution in [2.45, 2.75) is 13.5 Å². The summed E-state index contributed by atoms with van der Waals surface area (Å²) < 4.78 is 1.74. The lowest BCUT2D eigenvalue weighted by Crippen LogP contribution is -2.49.